The Morgan fingerprint density at radius 1 is 1.17 bits per heavy atom. The molecule has 3 unspecified atom stereocenters. The fraction of sp³-hybridized carbons (Fsp3) is 0.762. The first-order chi connectivity index (χ1) is 13.7. The summed E-state index contributed by atoms with van der Waals surface area (Å²) in [5, 5.41) is 3.05. The molecule has 1 aromatic heterocycles. The SMILES string of the molecule is CC1CC(C)CN(CC(C)NC(=O)c2cc(S(=O)(=O)N3CCCCC3)cn2C)C1. The molecule has 2 aliphatic heterocycles. The molecule has 0 aromatic carbocycles. The molecule has 3 rings (SSSR count). The number of carbonyl (C=O) groups is 1. The Morgan fingerprint density at radius 2 is 1.79 bits per heavy atom. The van der Waals surface area contributed by atoms with E-state index >= 15 is 0 Å². The molecule has 8 heteroatoms. The van der Waals surface area contributed by atoms with Crippen LogP contribution in [0, 0.1) is 11.8 Å². The number of carbonyl (C=O) groups excluding carboxylic acids is 1. The second-order valence-electron chi connectivity index (χ2n) is 9.18. The van der Waals surface area contributed by atoms with Crippen molar-refractivity contribution < 1.29 is 13.2 Å². The molecule has 3 atom stereocenters. The maximum atomic E-state index is 12.9. The van der Waals surface area contributed by atoms with Crippen LogP contribution >= 0.6 is 0 Å². The number of nitrogens with one attached hydrogen (secondary N) is 1. The van der Waals surface area contributed by atoms with Crippen LogP contribution in [-0.2, 0) is 17.1 Å². The van der Waals surface area contributed by atoms with E-state index < -0.39 is 10.0 Å². The minimum absolute atomic E-state index is 0.00273. The molecule has 164 valence electrons. The van der Waals surface area contributed by atoms with Crippen molar-refractivity contribution in [2.24, 2.45) is 18.9 Å². The Hall–Kier alpha value is -1.38. The van der Waals surface area contributed by atoms with Crippen molar-refractivity contribution >= 4 is 15.9 Å². The lowest BCUT2D eigenvalue weighted by atomic mass is 9.92. The maximum absolute atomic E-state index is 12.9. The highest BCUT2D eigenvalue weighted by atomic mass is 32.2. The number of aromatic nitrogens is 1. The molecule has 2 saturated heterocycles. The molecule has 2 fully saturated rings. The van der Waals surface area contributed by atoms with Gasteiger partial charge in [-0.1, -0.05) is 20.3 Å². The first kappa shape index (κ1) is 22.3. The molecule has 1 amide bonds. The van der Waals surface area contributed by atoms with Gasteiger partial charge in [-0.3, -0.25) is 4.79 Å². The monoisotopic (exact) mass is 424 g/mol. The second-order valence-corrected chi connectivity index (χ2v) is 11.1. The number of rotatable bonds is 6. The van der Waals surface area contributed by atoms with Gasteiger partial charge in [0.05, 0.1) is 0 Å². The normalized spacial score (nSPS) is 25.7. The molecule has 0 aliphatic carbocycles. The molecule has 0 radical (unpaired) electrons. The van der Waals surface area contributed by atoms with Gasteiger partial charge in [-0.05, 0) is 44.1 Å². The largest absolute Gasteiger partial charge is 0.347 e. The van der Waals surface area contributed by atoms with E-state index in [1.54, 1.807) is 17.8 Å². The summed E-state index contributed by atoms with van der Waals surface area (Å²) < 4.78 is 28.9. The predicted molar refractivity (Wildman–Crippen MR) is 114 cm³/mol. The van der Waals surface area contributed by atoms with Crippen molar-refractivity contribution in [2.45, 2.75) is 57.4 Å². The highest BCUT2D eigenvalue weighted by molar-refractivity contribution is 7.89. The van der Waals surface area contributed by atoms with E-state index in [1.807, 2.05) is 6.92 Å². The highest BCUT2D eigenvalue weighted by Gasteiger charge is 2.29. The lowest BCUT2D eigenvalue weighted by Crippen LogP contribution is -2.47. The van der Waals surface area contributed by atoms with Crippen LogP contribution in [0.2, 0.25) is 0 Å². The number of amides is 1. The Balaban J connectivity index is 1.64. The van der Waals surface area contributed by atoms with Gasteiger partial charge in [-0.25, -0.2) is 8.42 Å². The van der Waals surface area contributed by atoms with Gasteiger partial charge < -0.3 is 14.8 Å². The second kappa shape index (κ2) is 9.18. The van der Waals surface area contributed by atoms with Crippen LogP contribution in [0.3, 0.4) is 0 Å². The fourth-order valence-corrected chi connectivity index (χ4v) is 6.42. The topological polar surface area (TPSA) is 74.7 Å². The third kappa shape index (κ3) is 5.41. The maximum Gasteiger partial charge on any atom is 0.268 e. The lowest BCUT2D eigenvalue weighted by molar-refractivity contribution is 0.0897. The van der Waals surface area contributed by atoms with Crippen LogP contribution in [0.25, 0.3) is 0 Å². The molecule has 1 N–H and O–H groups in total. The Bertz CT molecular complexity index is 804. The molecule has 1 aromatic rings. The molecule has 0 bridgehead atoms. The quantitative estimate of drug-likeness (QED) is 0.760. The van der Waals surface area contributed by atoms with E-state index in [9.17, 15) is 13.2 Å². The average molecular weight is 425 g/mol. The summed E-state index contributed by atoms with van der Waals surface area (Å²) >= 11 is 0. The standard InChI is InChI=1S/C21H36N4O3S/c1-16-10-17(2)13-24(12-16)14-18(3)22-21(26)20-11-19(15-23(20)4)29(27,28)25-8-6-5-7-9-25/h11,15-18H,5-10,12-14H2,1-4H3,(H,22,26). The smallest absolute Gasteiger partial charge is 0.268 e. The van der Waals surface area contributed by atoms with E-state index in [0.717, 1.165) is 38.9 Å². The van der Waals surface area contributed by atoms with Crippen LogP contribution < -0.4 is 5.32 Å². The minimum atomic E-state index is -3.54. The average Bonchev–Trinajstić information content (AvgIpc) is 3.04. The van der Waals surface area contributed by atoms with Crippen LogP contribution in [-0.4, -0.2) is 66.9 Å². The van der Waals surface area contributed by atoms with Gasteiger partial charge in [0.2, 0.25) is 10.0 Å². The van der Waals surface area contributed by atoms with Crippen molar-refractivity contribution in [2.75, 3.05) is 32.7 Å². The molecule has 7 nitrogen and oxygen atoms in total. The zero-order chi connectivity index (χ0) is 21.2. The number of sulfonamides is 1. The van der Waals surface area contributed by atoms with Gasteiger partial charge in [-0.15, -0.1) is 0 Å². The summed E-state index contributed by atoms with van der Waals surface area (Å²) in [4.78, 5) is 15.4. The Morgan fingerprint density at radius 3 is 2.41 bits per heavy atom. The Kier molecular flexibility index (Phi) is 7.06. The summed E-state index contributed by atoms with van der Waals surface area (Å²) in [7, 11) is -1.81. The molecular weight excluding hydrogens is 388 g/mol. The van der Waals surface area contributed by atoms with Gasteiger partial charge in [0.1, 0.15) is 10.6 Å². The number of nitrogens with zero attached hydrogens (tertiary/aromatic N) is 3. The number of piperidine rings is 2. The van der Waals surface area contributed by atoms with Crippen LogP contribution in [0.5, 0.6) is 0 Å². The van der Waals surface area contributed by atoms with Gasteiger partial charge >= 0.3 is 0 Å². The Labute approximate surface area is 175 Å². The number of hydrogen-bond acceptors (Lipinski definition) is 4. The van der Waals surface area contributed by atoms with Crippen LogP contribution in [0.15, 0.2) is 17.2 Å². The van der Waals surface area contributed by atoms with E-state index in [4.69, 9.17) is 0 Å². The van der Waals surface area contributed by atoms with Gasteiger partial charge in [-0.2, -0.15) is 4.31 Å². The first-order valence-electron chi connectivity index (χ1n) is 10.9. The lowest BCUT2D eigenvalue weighted by Gasteiger charge is -2.36. The molecule has 2 aliphatic rings. The summed E-state index contributed by atoms with van der Waals surface area (Å²) in [5.41, 5.74) is 0.382. The van der Waals surface area contributed by atoms with Gasteiger partial charge in [0.15, 0.2) is 0 Å². The summed E-state index contributed by atoms with van der Waals surface area (Å²) in [6, 6.07) is 1.51. The third-order valence-electron chi connectivity index (χ3n) is 6.02. The molecule has 0 saturated carbocycles. The van der Waals surface area contributed by atoms with Crippen molar-refractivity contribution in [3.8, 4) is 0 Å². The van der Waals surface area contributed by atoms with Crippen molar-refractivity contribution in [1.29, 1.82) is 0 Å². The zero-order valence-electron chi connectivity index (χ0n) is 18.2. The fourth-order valence-electron chi connectivity index (χ4n) is 4.83. The summed E-state index contributed by atoms with van der Waals surface area (Å²) in [6.07, 6.45) is 5.67. The summed E-state index contributed by atoms with van der Waals surface area (Å²) in [6.45, 7) is 10.6. The van der Waals surface area contributed by atoms with Gasteiger partial charge in [0, 0.05) is 52.0 Å². The summed E-state index contributed by atoms with van der Waals surface area (Å²) in [5.74, 6) is 1.13. The van der Waals surface area contributed by atoms with E-state index in [0.29, 0.717) is 30.6 Å². The number of hydrogen-bond donors (Lipinski definition) is 1. The van der Waals surface area contributed by atoms with Crippen molar-refractivity contribution in [3.63, 3.8) is 0 Å². The minimum Gasteiger partial charge on any atom is -0.347 e. The third-order valence-corrected chi connectivity index (χ3v) is 7.88. The zero-order valence-corrected chi connectivity index (χ0v) is 19.0. The first-order valence-corrected chi connectivity index (χ1v) is 12.3. The number of aryl methyl sites for hydroxylation is 1. The predicted octanol–water partition coefficient (Wildman–Crippen LogP) is 2.30. The molecule has 29 heavy (non-hydrogen) atoms. The van der Waals surface area contributed by atoms with Crippen LogP contribution in [0.1, 0.15) is 56.9 Å². The van der Waals surface area contributed by atoms with E-state index in [-0.39, 0.29) is 16.8 Å². The molecule has 3 heterocycles. The highest BCUT2D eigenvalue weighted by Crippen LogP contribution is 2.23. The van der Waals surface area contributed by atoms with Crippen molar-refractivity contribution in [1.82, 2.24) is 19.1 Å². The molecule has 0 spiro atoms. The van der Waals surface area contributed by atoms with Crippen molar-refractivity contribution in [3.05, 3.63) is 18.0 Å². The van der Waals surface area contributed by atoms with E-state index in [2.05, 4.69) is 24.1 Å². The van der Waals surface area contributed by atoms with Gasteiger partial charge in [0.25, 0.3) is 5.91 Å². The van der Waals surface area contributed by atoms with Crippen LogP contribution in [0.4, 0.5) is 0 Å². The number of likely N-dealkylation sites (tertiary alicyclic amines) is 1. The van der Waals surface area contributed by atoms with E-state index in [1.165, 1.54) is 16.8 Å². The molecular formula is C21H36N4O3S.